The van der Waals surface area contributed by atoms with Gasteiger partial charge in [0.2, 0.25) is 15.9 Å². The molecule has 1 N–H and O–H groups in total. The Labute approximate surface area is 177 Å². The molecule has 2 aromatic carbocycles. The number of amides is 1. The monoisotopic (exact) mass is 451 g/mol. The lowest BCUT2D eigenvalue weighted by Crippen LogP contribution is -2.45. The number of fused-ring (bicyclic) bond motifs is 1. The molecule has 1 aromatic heterocycles. The number of nitrogens with one attached hydrogen (secondary N) is 1. The minimum Gasteiger partial charge on any atom is -0.324 e. The van der Waals surface area contributed by atoms with E-state index in [-0.39, 0.29) is 16.6 Å². The number of carbonyl (C=O) groups excluding carboxylic acids is 1. The summed E-state index contributed by atoms with van der Waals surface area (Å²) in [6.07, 6.45) is 0.918. The normalized spacial score (nSPS) is 12.9. The molecular formula is C20H22FN3O4S2. The zero-order chi connectivity index (χ0) is 22.2. The highest BCUT2D eigenvalue weighted by Crippen LogP contribution is 2.26. The molecule has 0 unspecified atom stereocenters. The van der Waals surface area contributed by atoms with Gasteiger partial charge in [-0.1, -0.05) is 23.5 Å². The molecule has 0 radical (unpaired) electrons. The topological polar surface area (TPSA) is 88.5 Å². The number of aromatic nitrogens is 1. The fourth-order valence-corrected chi connectivity index (χ4v) is 5.49. The Hall–Kier alpha value is -2.72. The minimum atomic E-state index is -3.93. The van der Waals surface area contributed by atoms with Gasteiger partial charge in [0.25, 0.3) is 0 Å². The third kappa shape index (κ3) is 4.24. The van der Waals surface area contributed by atoms with Crippen LogP contribution < -0.4 is 14.5 Å². The van der Waals surface area contributed by atoms with Crippen LogP contribution in [0.2, 0.25) is 0 Å². The zero-order valence-corrected chi connectivity index (χ0v) is 18.6. The van der Waals surface area contributed by atoms with Crippen LogP contribution in [0, 0.1) is 5.82 Å². The largest absolute Gasteiger partial charge is 0.324 e. The molecule has 3 rings (SSSR count). The van der Waals surface area contributed by atoms with Crippen molar-refractivity contribution < 1.29 is 17.6 Å². The molecule has 0 aliphatic carbocycles. The van der Waals surface area contributed by atoms with Crippen LogP contribution in [-0.4, -0.2) is 31.2 Å². The molecule has 0 fully saturated rings. The van der Waals surface area contributed by atoms with Gasteiger partial charge in [-0.25, -0.2) is 12.8 Å². The van der Waals surface area contributed by atoms with E-state index in [1.807, 2.05) is 13.8 Å². The van der Waals surface area contributed by atoms with Crippen LogP contribution in [0.3, 0.4) is 0 Å². The van der Waals surface area contributed by atoms with Crippen molar-refractivity contribution in [2.75, 3.05) is 15.9 Å². The first-order chi connectivity index (χ1) is 14.0. The predicted molar refractivity (Wildman–Crippen MR) is 118 cm³/mol. The number of thiazole rings is 1. The Morgan fingerprint density at radius 2 is 1.83 bits per heavy atom. The van der Waals surface area contributed by atoms with Crippen LogP contribution in [0.1, 0.15) is 26.8 Å². The Kier molecular flexibility index (Phi) is 6.00. The summed E-state index contributed by atoms with van der Waals surface area (Å²) in [5, 5.41) is 2.66. The predicted octanol–water partition coefficient (Wildman–Crippen LogP) is 3.58. The van der Waals surface area contributed by atoms with Crippen LogP contribution in [0.4, 0.5) is 15.8 Å². The summed E-state index contributed by atoms with van der Waals surface area (Å²) in [6, 6.07) is 9.21. The van der Waals surface area contributed by atoms with E-state index in [2.05, 4.69) is 5.32 Å². The second-order valence-electron chi connectivity index (χ2n) is 7.19. The van der Waals surface area contributed by atoms with Crippen LogP contribution in [-0.2, 0) is 14.8 Å². The Balaban J connectivity index is 1.92. The first-order valence-corrected chi connectivity index (χ1v) is 11.9. The fraction of sp³-hybridized carbons (Fsp3) is 0.300. The summed E-state index contributed by atoms with van der Waals surface area (Å²) < 4.78 is 42.0. The molecular weight excluding hydrogens is 429 g/mol. The van der Waals surface area contributed by atoms with Crippen LogP contribution in [0.5, 0.6) is 0 Å². The van der Waals surface area contributed by atoms with Gasteiger partial charge in [0.05, 0.1) is 22.2 Å². The van der Waals surface area contributed by atoms with Crippen LogP contribution in [0.15, 0.2) is 47.3 Å². The van der Waals surface area contributed by atoms with Gasteiger partial charge in [0.1, 0.15) is 11.9 Å². The van der Waals surface area contributed by atoms with Gasteiger partial charge >= 0.3 is 4.87 Å². The van der Waals surface area contributed by atoms with Gasteiger partial charge in [-0.2, -0.15) is 0 Å². The molecule has 0 aliphatic heterocycles. The first kappa shape index (κ1) is 22.0. The Morgan fingerprint density at radius 1 is 1.17 bits per heavy atom. The smallest absolute Gasteiger partial charge is 0.308 e. The third-order valence-corrected chi connectivity index (χ3v) is 6.72. The molecule has 30 heavy (non-hydrogen) atoms. The van der Waals surface area contributed by atoms with Crippen molar-refractivity contribution in [3.8, 4) is 0 Å². The highest BCUT2D eigenvalue weighted by molar-refractivity contribution is 7.92. The molecule has 0 spiro atoms. The average Bonchev–Trinajstić information content (AvgIpc) is 2.97. The summed E-state index contributed by atoms with van der Waals surface area (Å²) in [7, 11) is -3.93. The van der Waals surface area contributed by atoms with Gasteiger partial charge in [-0.15, -0.1) is 0 Å². The summed E-state index contributed by atoms with van der Waals surface area (Å²) in [6.45, 7) is 5.20. The number of hydrogen-bond acceptors (Lipinski definition) is 5. The van der Waals surface area contributed by atoms with Crippen molar-refractivity contribution in [2.45, 2.75) is 32.9 Å². The molecule has 1 amide bonds. The highest BCUT2D eigenvalue weighted by Gasteiger charge is 2.31. The lowest BCUT2D eigenvalue weighted by atomic mass is 10.2. The lowest BCUT2D eigenvalue weighted by molar-refractivity contribution is -0.116. The maximum atomic E-state index is 14.2. The van der Waals surface area contributed by atoms with E-state index in [4.69, 9.17) is 0 Å². The van der Waals surface area contributed by atoms with E-state index in [1.54, 1.807) is 22.8 Å². The number of hydrogen-bond donors (Lipinski definition) is 1. The molecule has 1 heterocycles. The zero-order valence-electron chi connectivity index (χ0n) is 16.9. The van der Waals surface area contributed by atoms with Gasteiger partial charge in [-0.05, 0) is 51.1 Å². The molecule has 0 bridgehead atoms. The highest BCUT2D eigenvalue weighted by atomic mass is 32.2. The number of para-hydroxylation sites is 1. The third-order valence-electron chi connectivity index (χ3n) is 4.58. The van der Waals surface area contributed by atoms with Gasteiger partial charge < -0.3 is 5.32 Å². The molecule has 0 saturated carbocycles. The summed E-state index contributed by atoms with van der Waals surface area (Å²) in [5.74, 6) is -1.37. The van der Waals surface area contributed by atoms with E-state index in [0.717, 1.165) is 33.5 Å². The maximum Gasteiger partial charge on any atom is 0.308 e. The lowest BCUT2D eigenvalue weighted by Gasteiger charge is -2.28. The summed E-state index contributed by atoms with van der Waals surface area (Å²) >= 11 is 1.07. The van der Waals surface area contributed by atoms with Crippen molar-refractivity contribution in [2.24, 2.45) is 0 Å². The van der Waals surface area contributed by atoms with Gasteiger partial charge in [0, 0.05) is 11.7 Å². The van der Waals surface area contributed by atoms with E-state index in [9.17, 15) is 22.4 Å². The molecule has 3 aromatic rings. The number of halogens is 1. The maximum absolute atomic E-state index is 14.2. The summed E-state index contributed by atoms with van der Waals surface area (Å²) in [4.78, 5) is 24.9. The van der Waals surface area contributed by atoms with Crippen molar-refractivity contribution in [1.29, 1.82) is 0 Å². The number of rotatable bonds is 6. The van der Waals surface area contributed by atoms with E-state index in [1.165, 1.54) is 25.1 Å². The van der Waals surface area contributed by atoms with Crippen molar-refractivity contribution in [1.82, 2.24) is 4.57 Å². The van der Waals surface area contributed by atoms with E-state index < -0.39 is 27.8 Å². The SMILES string of the molecule is CC(C)n1c(=O)sc2cc(NC(=O)[C@H](C)N(c3ccccc3F)S(C)(=O)=O)ccc21. The van der Waals surface area contributed by atoms with Crippen molar-refractivity contribution >= 4 is 48.9 Å². The van der Waals surface area contributed by atoms with Crippen molar-refractivity contribution in [3.63, 3.8) is 0 Å². The molecule has 0 saturated heterocycles. The Morgan fingerprint density at radius 3 is 2.43 bits per heavy atom. The second-order valence-corrected chi connectivity index (χ2v) is 10.0. The molecule has 160 valence electrons. The van der Waals surface area contributed by atoms with Gasteiger partial charge in [0.15, 0.2) is 0 Å². The molecule has 1 atom stereocenters. The fourth-order valence-electron chi connectivity index (χ4n) is 3.26. The average molecular weight is 452 g/mol. The first-order valence-electron chi connectivity index (χ1n) is 9.20. The standard InChI is InChI=1S/C20H22FN3O4S2/c1-12(2)23-17-10-9-14(11-18(17)29-20(23)26)22-19(25)13(3)24(30(4,27)28)16-8-6-5-7-15(16)21/h5-13H,1-4H3,(H,22,25)/t13-/m0/s1. The number of sulfonamides is 1. The second kappa shape index (κ2) is 8.19. The van der Waals surface area contributed by atoms with Gasteiger partial charge in [-0.3, -0.25) is 18.5 Å². The molecule has 7 nitrogen and oxygen atoms in total. The summed E-state index contributed by atoms with van der Waals surface area (Å²) in [5.41, 5.74) is 0.971. The number of nitrogens with zero attached hydrogens (tertiary/aromatic N) is 2. The van der Waals surface area contributed by atoms with E-state index in [0.29, 0.717) is 10.4 Å². The number of carbonyl (C=O) groups is 1. The molecule has 10 heteroatoms. The molecule has 0 aliphatic rings. The Bertz CT molecular complexity index is 1260. The number of benzene rings is 2. The number of anilines is 2. The minimum absolute atomic E-state index is 0.00389. The van der Waals surface area contributed by atoms with Crippen molar-refractivity contribution in [3.05, 3.63) is 57.9 Å². The van der Waals surface area contributed by atoms with Crippen LogP contribution >= 0.6 is 11.3 Å². The van der Waals surface area contributed by atoms with E-state index >= 15 is 0 Å². The quantitative estimate of drug-likeness (QED) is 0.621. The van der Waals surface area contributed by atoms with Crippen LogP contribution in [0.25, 0.3) is 10.2 Å².